The number of rotatable bonds is 52. The fourth-order valence-electron chi connectivity index (χ4n) is 8.75. The van der Waals surface area contributed by atoms with E-state index in [-0.39, 0.29) is 18.5 Å². The zero-order valence-corrected chi connectivity index (χ0v) is 41.9. The highest BCUT2D eigenvalue weighted by Crippen LogP contribution is 2.17. The Kier molecular flexibility index (Phi) is 51.0. The SMILES string of the molecule is CCCCCCCCCCCCCCCCCCCCCCCCC(O)C(CO)NC(=O)CCCCCC/C=C\CCCCOC(=O)CCCCCCCCCCCCCCC. The van der Waals surface area contributed by atoms with E-state index in [1.54, 1.807) is 0 Å². The van der Waals surface area contributed by atoms with Gasteiger partial charge in [0.15, 0.2) is 0 Å². The predicted octanol–water partition coefficient (Wildman–Crippen LogP) is 16.9. The van der Waals surface area contributed by atoms with Crippen molar-refractivity contribution in [2.75, 3.05) is 13.2 Å². The lowest BCUT2D eigenvalue weighted by molar-refractivity contribution is -0.143. The van der Waals surface area contributed by atoms with Gasteiger partial charge in [-0.15, -0.1) is 0 Å². The molecule has 62 heavy (non-hydrogen) atoms. The summed E-state index contributed by atoms with van der Waals surface area (Å²) in [6.45, 7) is 4.88. The smallest absolute Gasteiger partial charge is 0.305 e. The number of unbranched alkanes of at least 4 members (excludes halogenated alkanes) is 39. The average Bonchev–Trinajstić information content (AvgIpc) is 3.27. The van der Waals surface area contributed by atoms with Crippen LogP contribution in [0.15, 0.2) is 12.2 Å². The van der Waals surface area contributed by atoms with Gasteiger partial charge < -0.3 is 20.3 Å². The molecule has 6 heteroatoms. The minimum absolute atomic E-state index is 0.0338. The fraction of sp³-hybridized carbons (Fsp3) is 0.929. The Morgan fingerprint density at radius 3 is 1.15 bits per heavy atom. The van der Waals surface area contributed by atoms with E-state index in [0.717, 1.165) is 77.0 Å². The minimum Gasteiger partial charge on any atom is -0.466 e. The molecule has 0 radical (unpaired) electrons. The molecule has 0 aromatic rings. The predicted molar refractivity (Wildman–Crippen MR) is 269 cm³/mol. The summed E-state index contributed by atoms with van der Waals surface area (Å²) >= 11 is 0. The number of carbonyl (C=O) groups excluding carboxylic acids is 2. The van der Waals surface area contributed by atoms with Gasteiger partial charge in [-0.1, -0.05) is 257 Å². The summed E-state index contributed by atoms with van der Waals surface area (Å²) < 4.78 is 5.43. The van der Waals surface area contributed by atoms with E-state index in [9.17, 15) is 19.8 Å². The van der Waals surface area contributed by atoms with Gasteiger partial charge in [-0.25, -0.2) is 0 Å². The molecule has 0 aromatic carbocycles. The van der Waals surface area contributed by atoms with Crippen molar-refractivity contribution in [3.63, 3.8) is 0 Å². The molecule has 2 unspecified atom stereocenters. The Balaban J connectivity index is 3.50. The first kappa shape index (κ1) is 60.6. The summed E-state index contributed by atoms with van der Waals surface area (Å²) in [7, 11) is 0. The number of ether oxygens (including phenoxy) is 1. The molecule has 0 aliphatic heterocycles. The highest BCUT2D eigenvalue weighted by Gasteiger charge is 2.20. The van der Waals surface area contributed by atoms with Crippen LogP contribution in [0.3, 0.4) is 0 Å². The Hall–Kier alpha value is -1.40. The van der Waals surface area contributed by atoms with E-state index in [1.807, 2.05) is 0 Å². The topological polar surface area (TPSA) is 95.9 Å². The number of aliphatic hydroxyl groups excluding tert-OH is 2. The normalized spacial score (nSPS) is 12.6. The quantitative estimate of drug-likeness (QED) is 0.0321. The molecule has 6 nitrogen and oxygen atoms in total. The fourth-order valence-corrected chi connectivity index (χ4v) is 8.75. The van der Waals surface area contributed by atoms with Crippen molar-refractivity contribution in [3.05, 3.63) is 12.2 Å². The van der Waals surface area contributed by atoms with Gasteiger partial charge in [0.25, 0.3) is 0 Å². The molecule has 3 N–H and O–H groups in total. The molecule has 368 valence electrons. The van der Waals surface area contributed by atoms with Crippen molar-refractivity contribution in [3.8, 4) is 0 Å². The molecule has 2 atom stereocenters. The number of esters is 1. The summed E-state index contributed by atoms with van der Waals surface area (Å²) in [4.78, 5) is 24.5. The first-order valence-electron chi connectivity index (χ1n) is 27.9. The van der Waals surface area contributed by atoms with Crippen LogP contribution < -0.4 is 5.32 Å². The molecule has 0 spiro atoms. The van der Waals surface area contributed by atoms with Gasteiger partial charge in [0.1, 0.15) is 0 Å². The molecule has 0 saturated carbocycles. The third-order valence-corrected chi connectivity index (χ3v) is 13.1. The molecular weight excluding hydrogens is 767 g/mol. The van der Waals surface area contributed by atoms with E-state index in [1.165, 1.54) is 199 Å². The van der Waals surface area contributed by atoms with Crippen molar-refractivity contribution in [2.45, 2.75) is 321 Å². The first-order valence-corrected chi connectivity index (χ1v) is 27.9. The maximum Gasteiger partial charge on any atom is 0.305 e. The first-order chi connectivity index (χ1) is 30.5. The van der Waals surface area contributed by atoms with Crippen LogP contribution in [0, 0.1) is 0 Å². The van der Waals surface area contributed by atoms with Gasteiger partial charge in [-0.3, -0.25) is 9.59 Å². The van der Waals surface area contributed by atoms with Crippen LogP contribution in [0.5, 0.6) is 0 Å². The van der Waals surface area contributed by atoms with Crippen LogP contribution in [0.4, 0.5) is 0 Å². The van der Waals surface area contributed by atoms with E-state index in [2.05, 4.69) is 31.3 Å². The number of hydrogen-bond acceptors (Lipinski definition) is 5. The highest BCUT2D eigenvalue weighted by atomic mass is 16.5. The van der Waals surface area contributed by atoms with Crippen LogP contribution in [0.1, 0.15) is 309 Å². The van der Waals surface area contributed by atoms with Gasteiger partial charge >= 0.3 is 5.97 Å². The molecule has 0 aliphatic rings. The van der Waals surface area contributed by atoms with Crippen molar-refractivity contribution in [2.24, 2.45) is 0 Å². The van der Waals surface area contributed by atoms with Crippen LogP contribution in [-0.4, -0.2) is 47.4 Å². The molecule has 0 aliphatic carbocycles. The van der Waals surface area contributed by atoms with Gasteiger partial charge in [0.05, 0.1) is 25.4 Å². The molecule has 0 fully saturated rings. The maximum absolute atomic E-state index is 12.5. The minimum atomic E-state index is -0.686. The Bertz CT molecular complexity index is 924. The standard InChI is InChI=1S/C56H109NO5/c1-3-5-7-9-11-13-15-17-18-19-20-21-22-23-24-25-27-28-32-36-40-44-48-54(59)53(52-58)57-55(60)49-45-41-37-33-30-31-35-39-43-47-51-62-56(61)50-46-42-38-34-29-26-16-14-12-10-8-6-4-2/h31,35,53-54,58-59H,3-30,32-34,36-52H2,1-2H3,(H,57,60)/b35-31-. The summed E-state index contributed by atoms with van der Waals surface area (Å²) in [5.41, 5.74) is 0. The van der Waals surface area contributed by atoms with Gasteiger partial charge in [0, 0.05) is 12.8 Å². The van der Waals surface area contributed by atoms with Crippen molar-refractivity contribution < 1.29 is 24.5 Å². The number of carbonyl (C=O) groups is 2. The van der Waals surface area contributed by atoms with Crippen LogP contribution in [-0.2, 0) is 14.3 Å². The largest absolute Gasteiger partial charge is 0.466 e. The lowest BCUT2D eigenvalue weighted by Gasteiger charge is -2.22. The second-order valence-corrected chi connectivity index (χ2v) is 19.3. The number of aliphatic hydroxyl groups is 2. The number of hydrogen-bond donors (Lipinski definition) is 3. The molecule has 0 heterocycles. The van der Waals surface area contributed by atoms with Crippen LogP contribution >= 0.6 is 0 Å². The van der Waals surface area contributed by atoms with Crippen molar-refractivity contribution in [1.29, 1.82) is 0 Å². The Morgan fingerprint density at radius 2 is 0.758 bits per heavy atom. The van der Waals surface area contributed by atoms with Gasteiger partial charge in [0.2, 0.25) is 5.91 Å². The molecule has 0 rings (SSSR count). The van der Waals surface area contributed by atoms with E-state index >= 15 is 0 Å². The lowest BCUT2D eigenvalue weighted by Crippen LogP contribution is -2.45. The summed E-state index contributed by atoms with van der Waals surface area (Å²) in [5.74, 6) is -0.101. The Labute approximate surface area is 387 Å². The second-order valence-electron chi connectivity index (χ2n) is 19.3. The number of allylic oxidation sites excluding steroid dienone is 2. The van der Waals surface area contributed by atoms with Gasteiger partial charge in [-0.05, 0) is 51.4 Å². The Morgan fingerprint density at radius 1 is 0.435 bits per heavy atom. The average molecular weight is 876 g/mol. The summed E-state index contributed by atoms with van der Waals surface area (Å²) in [6, 6.07) is -0.566. The summed E-state index contributed by atoms with van der Waals surface area (Å²) in [6.07, 6.45) is 60.6. The third kappa shape index (κ3) is 48.1. The molecular formula is C56H109NO5. The molecule has 1 amide bonds. The third-order valence-electron chi connectivity index (χ3n) is 13.1. The van der Waals surface area contributed by atoms with E-state index in [4.69, 9.17) is 4.74 Å². The molecule has 0 saturated heterocycles. The summed E-state index contributed by atoms with van der Waals surface area (Å²) in [5, 5.41) is 23.3. The van der Waals surface area contributed by atoms with Crippen molar-refractivity contribution >= 4 is 11.9 Å². The van der Waals surface area contributed by atoms with E-state index in [0.29, 0.717) is 25.9 Å². The lowest BCUT2D eigenvalue weighted by atomic mass is 10.0. The molecule has 0 aromatic heterocycles. The zero-order valence-electron chi connectivity index (χ0n) is 41.9. The van der Waals surface area contributed by atoms with Gasteiger partial charge in [-0.2, -0.15) is 0 Å². The van der Waals surface area contributed by atoms with Crippen LogP contribution in [0.2, 0.25) is 0 Å². The van der Waals surface area contributed by atoms with Crippen molar-refractivity contribution in [1.82, 2.24) is 5.32 Å². The highest BCUT2D eigenvalue weighted by molar-refractivity contribution is 5.76. The molecule has 0 bridgehead atoms. The second kappa shape index (κ2) is 52.2. The van der Waals surface area contributed by atoms with Crippen LogP contribution in [0.25, 0.3) is 0 Å². The zero-order chi connectivity index (χ0) is 45.1. The van der Waals surface area contributed by atoms with E-state index < -0.39 is 12.1 Å². The number of nitrogens with one attached hydrogen (secondary N) is 1. The monoisotopic (exact) mass is 876 g/mol. The number of amides is 1. The maximum atomic E-state index is 12.5.